The number of hydrogen-bond acceptors (Lipinski definition) is 5. The third-order valence-corrected chi connectivity index (χ3v) is 8.01. The molecule has 3 heterocycles. The van der Waals surface area contributed by atoms with Crippen LogP contribution >= 0.6 is 11.3 Å². The van der Waals surface area contributed by atoms with Gasteiger partial charge in [0.05, 0.1) is 0 Å². The highest BCUT2D eigenvalue weighted by Gasteiger charge is 2.39. The highest BCUT2D eigenvalue weighted by Crippen LogP contribution is 2.42. The lowest BCUT2D eigenvalue weighted by molar-refractivity contribution is -0.193. The second-order valence-corrected chi connectivity index (χ2v) is 11.5. The average Bonchev–Trinajstić information content (AvgIpc) is 3.27. The minimum Gasteiger partial charge on any atom is -0.475 e. The van der Waals surface area contributed by atoms with Crippen molar-refractivity contribution in [3.05, 3.63) is 57.3 Å². The highest BCUT2D eigenvalue weighted by molar-refractivity contribution is 7.11. The van der Waals surface area contributed by atoms with Crippen LogP contribution in [0.1, 0.15) is 46.6 Å². The molecule has 0 bridgehead atoms. The van der Waals surface area contributed by atoms with Crippen molar-refractivity contribution in [3.63, 3.8) is 0 Å². The number of likely N-dealkylation sites (tertiary alicyclic amines) is 2. The molecular weight excluding hydrogens is 562 g/mol. The minimum absolute atomic E-state index is 0.631. The summed E-state index contributed by atoms with van der Waals surface area (Å²) in [6, 6.07) is 13.6. The molecule has 0 atom stereocenters. The van der Waals surface area contributed by atoms with Gasteiger partial charge in [-0.2, -0.15) is 26.3 Å². The molecule has 0 radical (unpaired) electrons. The van der Waals surface area contributed by atoms with Crippen LogP contribution < -0.4 is 0 Å². The van der Waals surface area contributed by atoms with Gasteiger partial charge in [0.15, 0.2) is 0 Å². The van der Waals surface area contributed by atoms with Gasteiger partial charge in [-0.25, -0.2) is 9.59 Å². The van der Waals surface area contributed by atoms with Crippen molar-refractivity contribution in [2.45, 2.75) is 65.0 Å². The number of nitrogens with zero attached hydrogens (tertiary/aromatic N) is 2. The van der Waals surface area contributed by atoms with Crippen molar-refractivity contribution < 1.29 is 46.1 Å². The fraction of sp³-hybridized carbons (Fsp3) is 0.556. The first kappa shape index (κ1) is 33.6. The number of thiophene rings is 1. The van der Waals surface area contributed by atoms with Gasteiger partial charge in [-0.05, 0) is 88.8 Å². The lowest BCUT2D eigenvalue weighted by Gasteiger charge is -2.47. The maximum Gasteiger partial charge on any atom is 0.490 e. The highest BCUT2D eigenvalue weighted by atomic mass is 32.1. The molecule has 0 unspecified atom stereocenters. The van der Waals surface area contributed by atoms with Gasteiger partial charge in [-0.1, -0.05) is 29.8 Å². The molecule has 13 heteroatoms. The van der Waals surface area contributed by atoms with E-state index in [1.807, 2.05) is 11.3 Å². The molecule has 2 fully saturated rings. The Labute approximate surface area is 233 Å². The van der Waals surface area contributed by atoms with E-state index < -0.39 is 24.3 Å². The Balaban J connectivity index is 0.000000333. The van der Waals surface area contributed by atoms with Crippen LogP contribution in [0.3, 0.4) is 0 Å². The SMILES string of the molecule is Cc1ccc(CN2CCC3(CC2)CCN(Cc2ccc(C)s2)CC3)cc1.O=C(O)C(F)(F)F.O=C(O)C(F)(F)F. The van der Waals surface area contributed by atoms with Gasteiger partial charge < -0.3 is 10.2 Å². The van der Waals surface area contributed by atoms with E-state index in [4.69, 9.17) is 19.8 Å². The molecule has 0 saturated carbocycles. The zero-order valence-electron chi connectivity index (χ0n) is 22.3. The molecule has 1 aromatic heterocycles. The normalized spacial score (nSPS) is 17.8. The number of aliphatic carboxylic acids is 2. The number of alkyl halides is 6. The van der Waals surface area contributed by atoms with Crippen molar-refractivity contribution in [3.8, 4) is 0 Å². The van der Waals surface area contributed by atoms with Crippen molar-refractivity contribution >= 4 is 23.3 Å². The van der Waals surface area contributed by atoms with E-state index in [9.17, 15) is 26.3 Å². The zero-order valence-corrected chi connectivity index (χ0v) is 23.1. The molecule has 2 aromatic rings. The smallest absolute Gasteiger partial charge is 0.475 e. The molecule has 0 aliphatic carbocycles. The topological polar surface area (TPSA) is 81.1 Å². The molecule has 2 aliphatic rings. The Morgan fingerprint density at radius 3 is 1.50 bits per heavy atom. The maximum atomic E-state index is 10.6. The van der Waals surface area contributed by atoms with E-state index in [0.717, 1.165) is 13.1 Å². The molecule has 6 nitrogen and oxygen atoms in total. The maximum absolute atomic E-state index is 10.6. The van der Waals surface area contributed by atoms with Crippen LogP contribution in [-0.2, 0) is 22.7 Å². The third kappa shape index (κ3) is 11.5. The van der Waals surface area contributed by atoms with E-state index >= 15 is 0 Å². The van der Waals surface area contributed by atoms with E-state index in [-0.39, 0.29) is 0 Å². The van der Waals surface area contributed by atoms with E-state index in [0.29, 0.717) is 5.41 Å². The fourth-order valence-electron chi connectivity index (χ4n) is 4.61. The molecule has 2 N–H and O–H groups in total. The summed E-state index contributed by atoms with van der Waals surface area (Å²) in [6.07, 6.45) is -4.58. The summed E-state index contributed by atoms with van der Waals surface area (Å²) in [6.45, 7) is 11.8. The number of halogens is 6. The second-order valence-electron chi connectivity index (χ2n) is 10.2. The molecule has 4 rings (SSSR count). The molecule has 0 amide bonds. The number of carboxylic acid groups (broad SMARTS) is 2. The first-order valence-electron chi connectivity index (χ1n) is 12.6. The van der Waals surface area contributed by atoms with Gasteiger partial charge in [0.2, 0.25) is 0 Å². The molecule has 1 aromatic carbocycles. The van der Waals surface area contributed by atoms with E-state index in [1.54, 1.807) is 0 Å². The van der Waals surface area contributed by atoms with Crippen LogP contribution in [0.5, 0.6) is 0 Å². The summed E-state index contributed by atoms with van der Waals surface area (Å²) in [7, 11) is 0. The number of piperidine rings is 2. The summed E-state index contributed by atoms with van der Waals surface area (Å²) >= 11 is 1.96. The van der Waals surface area contributed by atoms with Crippen LogP contribution in [0.4, 0.5) is 26.3 Å². The molecule has 1 spiro atoms. The van der Waals surface area contributed by atoms with Crippen molar-refractivity contribution in [2.24, 2.45) is 5.41 Å². The first-order chi connectivity index (χ1) is 18.5. The Hall–Kier alpha value is -2.64. The quantitative estimate of drug-likeness (QED) is 0.392. The Bertz CT molecular complexity index is 1060. The molecule has 2 aliphatic heterocycles. The molecule has 2 saturated heterocycles. The van der Waals surface area contributed by atoms with Gasteiger partial charge in [-0.15, -0.1) is 11.3 Å². The number of aryl methyl sites for hydroxylation is 2. The standard InChI is InChI=1S/C23H32N2S.2C2HF3O2/c1-19-3-6-21(7-4-19)17-24-13-9-23(10-14-24)11-15-25(16-12-23)18-22-8-5-20(2)26-22;2*3-2(4,5)1(6)7/h3-8H,9-18H2,1-2H3;2*(H,6,7). The van der Waals surface area contributed by atoms with Crippen LogP contribution in [0.15, 0.2) is 36.4 Å². The second kappa shape index (κ2) is 14.3. The van der Waals surface area contributed by atoms with Crippen LogP contribution in [0.25, 0.3) is 0 Å². The monoisotopic (exact) mass is 596 g/mol. The first-order valence-corrected chi connectivity index (χ1v) is 13.5. The summed E-state index contributed by atoms with van der Waals surface area (Å²) in [4.78, 5) is 26.1. The van der Waals surface area contributed by atoms with Gasteiger partial charge in [0.1, 0.15) is 0 Å². The Morgan fingerprint density at radius 1 is 0.750 bits per heavy atom. The largest absolute Gasteiger partial charge is 0.490 e. The Morgan fingerprint density at radius 2 is 1.15 bits per heavy atom. The van der Waals surface area contributed by atoms with Gasteiger partial charge >= 0.3 is 24.3 Å². The number of hydrogen-bond donors (Lipinski definition) is 2. The lowest BCUT2D eigenvalue weighted by Crippen LogP contribution is -2.46. The molecule has 224 valence electrons. The lowest BCUT2D eigenvalue weighted by atomic mass is 9.71. The average molecular weight is 597 g/mol. The van der Waals surface area contributed by atoms with E-state index in [2.05, 4.69) is 60.0 Å². The predicted molar refractivity (Wildman–Crippen MR) is 139 cm³/mol. The van der Waals surface area contributed by atoms with Gasteiger partial charge in [-0.3, -0.25) is 9.80 Å². The molecular formula is C27H34F6N2O4S. The number of carbonyl (C=O) groups is 2. The third-order valence-electron chi connectivity index (χ3n) is 7.02. The van der Waals surface area contributed by atoms with Crippen LogP contribution in [0.2, 0.25) is 0 Å². The van der Waals surface area contributed by atoms with Crippen molar-refractivity contribution in [2.75, 3.05) is 26.2 Å². The van der Waals surface area contributed by atoms with Crippen molar-refractivity contribution in [1.82, 2.24) is 9.80 Å². The van der Waals surface area contributed by atoms with Crippen LogP contribution in [-0.4, -0.2) is 70.5 Å². The minimum atomic E-state index is -5.08. The summed E-state index contributed by atoms with van der Waals surface area (Å²) < 4.78 is 63.5. The van der Waals surface area contributed by atoms with Crippen LogP contribution in [0, 0.1) is 19.3 Å². The Kier molecular flexibility index (Phi) is 12.0. The van der Waals surface area contributed by atoms with E-state index in [1.165, 1.54) is 72.7 Å². The predicted octanol–water partition coefficient (Wildman–Crippen LogP) is 6.51. The van der Waals surface area contributed by atoms with Gasteiger partial charge in [0, 0.05) is 22.8 Å². The van der Waals surface area contributed by atoms with Gasteiger partial charge in [0.25, 0.3) is 0 Å². The number of rotatable bonds is 4. The number of carboxylic acids is 2. The number of benzene rings is 1. The summed E-state index contributed by atoms with van der Waals surface area (Å²) in [5.41, 5.74) is 3.45. The molecule has 40 heavy (non-hydrogen) atoms. The van der Waals surface area contributed by atoms with Crippen molar-refractivity contribution in [1.29, 1.82) is 0 Å². The summed E-state index contributed by atoms with van der Waals surface area (Å²) in [5, 5.41) is 14.2. The zero-order chi connectivity index (χ0) is 30.1. The summed E-state index contributed by atoms with van der Waals surface area (Å²) in [5.74, 6) is -5.51. The fourth-order valence-corrected chi connectivity index (χ4v) is 5.55.